The number of benzene rings is 9. The fourth-order valence-corrected chi connectivity index (χ4v) is 9.50. The molecule has 11 aromatic rings. The maximum absolute atomic E-state index is 6.72. The molecule has 0 saturated heterocycles. The highest BCUT2D eigenvalue weighted by molar-refractivity contribution is 7.26. The van der Waals surface area contributed by atoms with Crippen LogP contribution in [0.25, 0.3) is 64.4 Å². The van der Waals surface area contributed by atoms with Gasteiger partial charge in [0.2, 0.25) is 0 Å². The number of furan rings is 1. The van der Waals surface area contributed by atoms with Crippen molar-refractivity contribution in [3.63, 3.8) is 0 Å². The molecular weight excluding hydrogens is 725 g/mol. The average Bonchev–Trinajstić information content (AvgIpc) is 3.86. The van der Waals surface area contributed by atoms with Crippen LogP contribution in [0.4, 0.5) is 34.1 Å². The van der Waals surface area contributed by atoms with Crippen LogP contribution >= 0.6 is 11.3 Å². The maximum Gasteiger partial charge on any atom is 0.137 e. The lowest BCUT2D eigenvalue weighted by atomic mass is 10.0. The summed E-state index contributed by atoms with van der Waals surface area (Å²) in [6.07, 6.45) is 0. The Morgan fingerprint density at radius 1 is 0.328 bits per heavy atom. The largest absolute Gasteiger partial charge is 0.456 e. The molecule has 58 heavy (non-hydrogen) atoms. The number of hydrogen-bond acceptors (Lipinski definition) is 4. The average molecular weight is 761 g/mol. The van der Waals surface area contributed by atoms with Crippen LogP contribution in [0.2, 0.25) is 0 Å². The number of thiophene rings is 1. The van der Waals surface area contributed by atoms with Gasteiger partial charge in [0.15, 0.2) is 0 Å². The topological polar surface area (TPSA) is 19.6 Å². The molecule has 0 spiro atoms. The van der Waals surface area contributed by atoms with E-state index in [4.69, 9.17) is 4.42 Å². The lowest BCUT2D eigenvalue weighted by Gasteiger charge is -2.28. The van der Waals surface area contributed by atoms with Crippen LogP contribution in [0, 0.1) is 0 Å². The summed E-state index contributed by atoms with van der Waals surface area (Å²) in [5.74, 6) is 0. The second-order valence-corrected chi connectivity index (χ2v) is 15.6. The first-order valence-corrected chi connectivity index (χ1v) is 20.4. The van der Waals surface area contributed by atoms with Gasteiger partial charge in [-0.2, -0.15) is 0 Å². The fourth-order valence-electron chi connectivity index (χ4n) is 8.37. The van der Waals surface area contributed by atoms with Gasteiger partial charge in [0.05, 0.1) is 11.4 Å². The summed E-state index contributed by atoms with van der Waals surface area (Å²) >= 11 is 1.84. The van der Waals surface area contributed by atoms with Crippen molar-refractivity contribution in [2.75, 3.05) is 9.80 Å². The molecule has 0 fully saturated rings. The summed E-state index contributed by atoms with van der Waals surface area (Å²) in [5, 5.41) is 4.67. The summed E-state index contributed by atoms with van der Waals surface area (Å²) < 4.78 is 9.27. The van der Waals surface area contributed by atoms with Crippen LogP contribution in [0.1, 0.15) is 0 Å². The van der Waals surface area contributed by atoms with Crippen LogP contribution in [0.5, 0.6) is 0 Å². The van der Waals surface area contributed by atoms with Crippen LogP contribution in [0.3, 0.4) is 0 Å². The monoisotopic (exact) mass is 760 g/mol. The van der Waals surface area contributed by atoms with E-state index < -0.39 is 0 Å². The third-order valence-corrected chi connectivity index (χ3v) is 12.2. The van der Waals surface area contributed by atoms with Gasteiger partial charge in [0.1, 0.15) is 11.2 Å². The molecule has 0 unspecified atom stereocenters. The molecule has 0 radical (unpaired) electrons. The van der Waals surface area contributed by atoms with Gasteiger partial charge in [0, 0.05) is 65.3 Å². The normalized spacial score (nSPS) is 11.4. The number of para-hydroxylation sites is 2. The van der Waals surface area contributed by atoms with E-state index in [1.54, 1.807) is 0 Å². The Labute approximate surface area is 340 Å². The Morgan fingerprint density at radius 3 is 1.71 bits per heavy atom. The van der Waals surface area contributed by atoms with Crippen molar-refractivity contribution < 1.29 is 4.42 Å². The van der Waals surface area contributed by atoms with E-state index in [2.05, 4.69) is 228 Å². The SMILES string of the molecule is c1ccc(-c2ccc(N(c3ccc4oc5cc(N(c6ccccc6)c6cccc7sc8ccccc8c67)ccc5c4c3)c3ccccc3-c3ccccc3)cc2)cc1. The summed E-state index contributed by atoms with van der Waals surface area (Å²) in [4.78, 5) is 4.73. The number of nitrogens with zero attached hydrogens (tertiary/aromatic N) is 2. The lowest BCUT2D eigenvalue weighted by molar-refractivity contribution is 0.669. The van der Waals surface area contributed by atoms with Crippen molar-refractivity contribution in [2.24, 2.45) is 0 Å². The third-order valence-electron chi connectivity index (χ3n) is 11.1. The zero-order valence-electron chi connectivity index (χ0n) is 31.5. The molecule has 4 heteroatoms. The van der Waals surface area contributed by atoms with Crippen molar-refractivity contribution in [1.29, 1.82) is 0 Å². The summed E-state index contributed by atoms with van der Waals surface area (Å²) in [7, 11) is 0. The minimum Gasteiger partial charge on any atom is -0.456 e. The second-order valence-electron chi connectivity index (χ2n) is 14.5. The molecule has 0 aliphatic carbocycles. The van der Waals surface area contributed by atoms with Crippen LogP contribution in [-0.2, 0) is 0 Å². The smallest absolute Gasteiger partial charge is 0.137 e. The van der Waals surface area contributed by atoms with Gasteiger partial charge in [-0.05, 0) is 95.6 Å². The zero-order chi connectivity index (χ0) is 38.4. The highest BCUT2D eigenvalue weighted by Crippen LogP contribution is 2.47. The maximum atomic E-state index is 6.72. The van der Waals surface area contributed by atoms with E-state index in [1.807, 2.05) is 11.3 Å². The van der Waals surface area contributed by atoms with Crippen molar-refractivity contribution in [1.82, 2.24) is 0 Å². The van der Waals surface area contributed by atoms with Gasteiger partial charge in [-0.1, -0.05) is 133 Å². The van der Waals surface area contributed by atoms with Crippen molar-refractivity contribution >= 4 is 87.6 Å². The Hall–Kier alpha value is -7.40. The first-order valence-electron chi connectivity index (χ1n) is 19.6. The Kier molecular flexibility index (Phi) is 8.34. The Bertz CT molecular complexity index is 3220. The Balaban J connectivity index is 1.06. The molecule has 274 valence electrons. The highest BCUT2D eigenvalue weighted by atomic mass is 32.1. The predicted octanol–water partition coefficient (Wildman–Crippen LogP) is 16.2. The van der Waals surface area contributed by atoms with Crippen LogP contribution < -0.4 is 9.80 Å². The standard InChI is InChI=1S/C54H36N2OS/c1-4-15-37(16-5-1)38-27-29-41(30-28-38)55(48-23-12-10-21-44(48)39-17-6-2-7-18-39)42-32-34-50-47(35-42)45-33-31-43(36-51(45)57-50)56(40-19-8-3-9-20-40)49-24-14-26-53-54(49)46-22-11-13-25-52(46)58-53/h1-36H. The molecule has 0 bridgehead atoms. The van der Waals surface area contributed by atoms with Gasteiger partial charge >= 0.3 is 0 Å². The Morgan fingerprint density at radius 2 is 0.897 bits per heavy atom. The van der Waals surface area contributed by atoms with Crippen LogP contribution in [0.15, 0.2) is 223 Å². The number of hydrogen-bond donors (Lipinski definition) is 0. The third kappa shape index (κ3) is 5.90. The highest BCUT2D eigenvalue weighted by Gasteiger charge is 2.22. The predicted molar refractivity (Wildman–Crippen MR) is 247 cm³/mol. The number of rotatable bonds is 8. The molecule has 3 nitrogen and oxygen atoms in total. The van der Waals surface area contributed by atoms with Gasteiger partial charge in [0.25, 0.3) is 0 Å². The van der Waals surface area contributed by atoms with E-state index in [0.717, 1.165) is 61.6 Å². The molecule has 0 saturated carbocycles. The van der Waals surface area contributed by atoms with Crippen molar-refractivity contribution in [3.05, 3.63) is 218 Å². The van der Waals surface area contributed by atoms with Gasteiger partial charge in [-0.3, -0.25) is 0 Å². The first-order chi connectivity index (χ1) is 28.8. The summed E-state index contributed by atoms with van der Waals surface area (Å²) in [6.45, 7) is 0. The molecule has 0 amide bonds. The van der Waals surface area contributed by atoms with E-state index in [-0.39, 0.29) is 0 Å². The minimum atomic E-state index is 0.844. The quantitative estimate of drug-likeness (QED) is 0.154. The van der Waals surface area contributed by atoms with Gasteiger partial charge in [-0.15, -0.1) is 11.3 Å². The molecule has 0 atom stereocenters. The molecular formula is C54H36N2OS. The molecule has 0 aliphatic heterocycles. The van der Waals surface area contributed by atoms with Crippen LogP contribution in [-0.4, -0.2) is 0 Å². The summed E-state index contributed by atoms with van der Waals surface area (Å²) in [6, 6.07) is 77.9. The number of fused-ring (bicyclic) bond motifs is 6. The molecule has 11 rings (SSSR count). The molecule has 0 aliphatic rings. The van der Waals surface area contributed by atoms with Gasteiger partial charge in [-0.25, -0.2) is 0 Å². The molecule has 2 heterocycles. The minimum absolute atomic E-state index is 0.844. The van der Waals surface area contributed by atoms with E-state index in [9.17, 15) is 0 Å². The fraction of sp³-hybridized carbons (Fsp3) is 0. The molecule has 0 N–H and O–H groups in total. The van der Waals surface area contributed by atoms with E-state index in [1.165, 1.54) is 36.9 Å². The van der Waals surface area contributed by atoms with Crippen molar-refractivity contribution in [2.45, 2.75) is 0 Å². The van der Waals surface area contributed by atoms with E-state index in [0.29, 0.717) is 0 Å². The van der Waals surface area contributed by atoms with Gasteiger partial charge < -0.3 is 14.2 Å². The molecule has 2 aromatic heterocycles. The molecule has 9 aromatic carbocycles. The van der Waals surface area contributed by atoms with E-state index >= 15 is 0 Å². The van der Waals surface area contributed by atoms with Crippen molar-refractivity contribution in [3.8, 4) is 22.3 Å². The lowest BCUT2D eigenvalue weighted by Crippen LogP contribution is -2.11. The summed E-state index contributed by atoms with van der Waals surface area (Å²) in [5.41, 5.74) is 12.9. The first kappa shape index (κ1) is 33.9. The second kappa shape index (κ2) is 14.3. The zero-order valence-corrected chi connectivity index (χ0v) is 32.3. The number of anilines is 6.